The number of fused-ring (bicyclic) bond motifs is 1. The molecule has 41 heavy (non-hydrogen) atoms. The van der Waals surface area contributed by atoms with Crippen LogP contribution < -0.4 is 19.7 Å². The molecule has 0 fully saturated rings. The first-order chi connectivity index (χ1) is 19.4. The molecule has 1 N–H and O–H groups in total. The molecule has 0 radical (unpaired) electrons. The van der Waals surface area contributed by atoms with Crippen molar-refractivity contribution in [1.82, 2.24) is 9.78 Å². The third kappa shape index (κ3) is 6.74. The summed E-state index contributed by atoms with van der Waals surface area (Å²) in [6, 6.07) is 14.9. The average Bonchev–Trinajstić information content (AvgIpc) is 3.30. The van der Waals surface area contributed by atoms with Crippen LogP contribution in [0, 0.1) is 0 Å². The zero-order valence-electron chi connectivity index (χ0n) is 24.9. The van der Waals surface area contributed by atoms with Crippen molar-refractivity contribution in [2.45, 2.75) is 52.2 Å². The number of anilines is 2. The molecule has 2 aromatic carbocycles. The monoisotopic (exact) mass is 580 g/mol. The number of carbonyl (C=O) groups is 2. The molecule has 11 heteroatoms. The van der Waals surface area contributed by atoms with Gasteiger partial charge in [0.15, 0.2) is 8.32 Å². The lowest BCUT2D eigenvalue weighted by Gasteiger charge is -2.36. The molecule has 0 saturated carbocycles. The number of aromatic nitrogens is 2. The van der Waals surface area contributed by atoms with Crippen molar-refractivity contribution in [3.8, 4) is 17.3 Å². The number of ether oxygens (including phenoxy) is 3. The SMILES string of the molecule is CCOC(=O)Oc1nn(-c2ccc(OC)cc2)c2c1CCN(c1ccc(NCCO[Si](C)(C)C(C)(C)C)cc1)C2=O. The zero-order chi connectivity index (χ0) is 29.8. The van der Waals surface area contributed by atoms with Gasteiger partial charge in [-0.3, -0.25) is 4.79 Å². The fourth-order valence-electron chi connectivity index (χ4n) is 4.27. The Hall–Kier alpha value is -3.83. The first kappa shape index (κ1) is 30.1. The van der Waals surface area contributed by atoms with Crippen molar-refractivity contribution in [2.24, 2.45) is 0 Å². The summed E-state index contributed by atoms with van der Waals surface area (Å²) in [6.45, 7) is 14.8. The Morgan fingerprint density at radius 3 is 2.32 bits per heavy atom. The Kier molecular flexibility index (Phi) is 9.08. The molecule has 2 heterocycles. The van der Waals surface area contributed by atoms with Gasteiger partial charge in [-0.25, -0.2) is 9.48 Å². The van der Waals surface area contributed by atoms with Crippen LogP contribution >= 0.6 is 0 Å². The molecule has 0 spiro atoms. The Labute approximate surface area is 242 Å². The highest BCUT2D eigenvalue weighted by molar-refractivity contribution is 6.74. The number of nitrogens with one attached hydrogen (secondary N) is 1. The highest BCUT2D eigenvalue weighted by Crippen LogP contribution is 2.36. The van der Waals surface area contributed by atoms with E-state index in [4.69, 9.17) is 18.6 Å². The molecule has 220 valence electrons. The molecule has 0 aliphatic carbocycles. The Morgan fingerprint density at radius 1 is 1.05 bits per heavy atom. The molecule has 0 unspecified atom stereocenters. The lowest BCUT2D eigenvalue weighted by Crippen LogP contribution is -2.41. The van der Waals surface area contributed by atoms with Gasteiger partial charge in [-0.15, -0.1) is 5.10 Å². The third-order valence-electron chi connectivity index (χ3n) is 7.62. The molecule has 4 rings (SSSR count). The van der Waals surface area contributed by atoms with Crippen molar-refractivity contribution in [3.05, 3.63) is 59.8 Å². The first-order valence-corrected chi connectivity index (χ1v) is 16.8. The van der Waals surface area contributed by atoms with Gasteiger partial charge in [0.05, 0.1) is 26.0 Å². The minimum atomic E-state index is -1.79. The third-order valence-corrected chi connectivity index (χ3v) is 12.2. The van der Waals surface area contributed by atoms with Crippen LogP contribution in [-0.4, -0.2) is 63.6 Å². The van der Waals surface area contributed by atoms with E-state index in [1.165, 1.54) is 4.68 Å². The van der Waals surface area contributed by atoms with E-state index in [9.17, 15) is 9.59 Å². The number of nitrogens with zero attached hydrogens (tertiary/aromatic N) is 3. The maximum atomic E-state index is 13.9. The summed E-state index contributed by atoms with van der Waals surface area (Å²) in [7, 11) is -0.205. The van der Waals surface area contributed by atoms with Crippen LogP contribution in [0.25, 0.3) is 5.69 Å². The van der Waals surface area contributed by atoms with Gasteiger partial charge < -0.3 is 28.9 Å². The van der Waals surface area contributed by atoms with Crippen LogP contribution in [0.1, 0.15) is 43.7 Å². The van der Waals surface area contributed by atoms with Gasteiger partial charge in [0.1, 0.15) is 11.4 Å². The van der Waals surface area contributed by atoms with Crippen LogP contribution in [0.5, 0.6) is 11.6 Å². The van der Waals surface area contributed by atoms with E-state index in [1.54, 1.807) is 43.2 Å². The smallest absolute Gasteiger partial charge is 0.497 e. The number of benzene rings is 2. The van der Waals surface area contributed by atoms with Gasteiger partial charge >= 0.3 is 6.16 Å². The molecule has 0 bridgehead atoms. The maximum absolute atomic E-state index is 13.9. The molecular formula is C30H40N4O6Si. The van der Waals surface area contributed by atoms with Crippen LogP contribution in [0.15, 0.2) is 48.5 Å². The van der Waals surface area contributed by atoms with E-state index in [0.717, 1.165) is 11.4 Å². The fourth-order valence-corrected chi connectivity index (χ4v) is 5.32. The van der Waals surface area contributed by atoms with Gasteiger partial charge in [0.2, 0.25) is 5.88 Å². The number of hydrogen-bond donors (Lipinski definition) is 1. The zero-order valence-corrected chi connectivity index (χ0v) is 25.9. The van der Waals surface area contributed by atoms with Crippen molar-refractivity contribution in [1.29, 1.82) is 0 Å². The van der Waals surface area contributed by atoms with E-state index < -0.39 is 14.5 Å². The van der Waals surface area contributed by atoms with Gasteiger partial charge in [-0.1, -0.05) is 20.8 Å². The standard InChI is InChI=1S/C30H40N4O6Si/c1-8-38-29(36)40-27-25-17-19-33(28(35)26(25)34(32-27)23-13-15-24(37-5)16-14-23)22-11-9-21(10-12-22)31-18-20-39-41(6,7)30(2,3)4/h9-16,31H,8,17-20H2,1-7H3. The fraction of sp³-hybridized carbons (Fsp3) is 0.433. The second-order valence-electron chi connectivity index (χ2n) is 11.3. The van der Waals surface area contributed by atoms with Gasteiger partial charge in [-0.05, 0) is 80.0 Å². The highest BCUT2D eigenvalue weighted by Gasteiger charge is 2.37. The summed E-state index contributed by atoms with van der Waals surface area (Å²) in [5.74, 6) is 0.504. The van der Waals surface area contributed by atoms with Crippen LogP contribution in [0.4, 0.5) is 16.2 Å². The van der Waals surface area contributed by atoms with E-state index in [-0.39, 0.29) is 23.4 Å². The van der Waals surface area contributed by atoms with Crippen LogP contribution in [-0.2, 0) is 15.6 Å². The molecule has 1 aliphatic rings. The largest absolute Gasteiger partial charge is 0.515 e. The number of carbonyl (C=O) groups excluding carboxylic acids is 2. The van der Waals surface area contributed by atoms with Crippen molar-refractivity contribution in [2.75, 3.05) is 43.6 Å². The molecule has 1 aromatic heterocycles. The van der Waals surface area contributed by atoms with Crippen molar-refractivity contribution >= 4 is 31.8 Å². The normalized spacial score (nSPS) is 13.5. The summed E-state index contributed by atoms with van der Waals surface area (Å²) in [6.07, 6.45) is -0.404. The lowest BCUT2D eigenvalue weighted by molar-refractivity contribution is 0.0966. The number of methoxy groups -OCH3 is 1. The lowest BCUT2D eigenvalue weighted by atomic mass is 10.0. The number of rotatable bonds is 10. The van der Waals surface area contributed by atoms with E-state index in [2.05, 4.69) is 44.3 Å². The Bertz CT molecular complexity index is 1360. The minimum absolute atomic E-state index is 0.0711. The van der Waals surface area contributed by atoms with Crippen LogP contribution in [0.2, 0.25) is 18.1 Å². The number of hydrogen-bond acceptors (Lipinski definition) is 8. The Balaban J connectivity index is 1.52. The summed E-state index contributed by atoms with van der Waals surface area (Å²) in [5.41, 5.74) is 3.25. The molecule has 1 amide bonds. The quantitative estimate of drug-likeness (QED) is 0.176. The second kappa shape index (κ2) is 12.4. The summed E-state index contributed by atoms with van der Waals surface area (Å²) in [5, 5.41) is 8.07. The molecule has 0 atom stereocenters. The van der Waals surface area contributed by atoms with Gasteiger partial charge in [-0.2, -0.15) is 0 Å². The first-order valence-electron chi connectivity index (χ1n) is 13.9. The molecule has 0 saturated heterocycles. The van der Waals surface area contributed by atoms with Crippen molar-refractivity contribution in [3.63, 3.8) is 0 Å². The van der Waals surface area contributed by atoms with E-state index >= 15 is 0 Å². The molecule has 10 nitrogen and oxygen atoms in total. The second-order valence-corrected chi connectivity index (χ2v) is 16.1. The van der Waals surface area contributed by atoms with E-state index in [1.807, 2.05) is 24.3 Å². The molecule has 3 aromatic rings. The highest BCUT2D eigenvalue weighted by atomic mass is 28.4. The van der Waals surface area contributed by atoms with Gasteiger partial charge in [0.25, 0.3) is 5.91 Å². The Morgan fingerprint density at radius 2 is 1.71 bits per heavy atom. The average molecular weight is 581 g/mol. The summed E-state index contributed by atoms with van der Waals surface area (Å²) >= 11 is 0. The number of amides is 1. The molecular weight excluding hydrogens is 540 g/mol. The van der Waals surface area contributed by atoms with Crippen LogP contribution in [0.3, 0.4) is 0 Å². The predicted molar refractivity (Wildman–Crippen MR) is 161 cm³/mol. The van der Waals surface area contributed by atoms with Gasteiger partial charge in [0, 0.05) is 30.0 Å². The maximum Gasteiger partial charge on any atom is 0.515 e. The predicted octanol–water partition coefficient (Wildman–Crippen LogP) is 6.05. The molecule has 1 aliphatic heterocycles. The topological polar surface area (TPSA) is 104 Å². The van der Waals surface area contributed by atoms with E-state index in [0.29, 0.717) is 48.8 Å². The summed E-state index contributed by atoms with van der Waals surface area (Å²) < 4.78 is 23.4. The van der Waals surface area contributed by atoms with Crippen molar-refractivity contribution < 1.29 is 28.2 Å². The summed E-state index contributed by atoms with van der Waals surface area (Å²) in [4.78, 5) is 27.7. The minimum Gasteiger partial charge on any atom is -0.497 e.